The van der Waals surface area contributed by atoms with E-state index in [2.05, 4.69) is 25.2 Å². The Morgan fingerprint density at radius 2 is 1.70 bits per heavy atom. The number of carbonyl (C=O) groups excluding carboxylic acids is 1. The number of nitrogens with one attached hydrogen (secondary N) is 1. The molecule has 1 radical (unpaired) electrons. The largest absolute Gasteiger partial charge is 4.00 e. The monoisotopic (exact) mass is 500 g/mol. The molecule has 0 aromatic carbocycles. The molecule has 0 saturated heterocycles. The van der Waals surface area contributed by atoms with Crippen LogP contribution in [0.2, 0.25) is 13.1 Å². The molecule has 0 spiro atoms. The summed E-state index contributed by atoms with van der Waals surface area (Å²) in [6.45, 7) is 4.42. The van der Waals surface area contributed by atoms with Crippen LogP contribution < -0.4 is 24.8 Å². The van der Waals surface area contributed by atoms with Crippen LogP contribution in [0, 0.1) is 12.0 Å². The molecule has 0 aromatic rings. The maximum Gasteiger partial charge on any atom is 4.00 e. The standard InChI is InChI=1S/C7H13NO.C5H5.C2H7Si.2ClH.Hf/c8-7(9)6-4-2-1-3-5-6;1-2-4-5-3-1;1-3-2;;;/h6H,1-5H2,(H2,8,9);1-3H,4H2;3H,1-2H3;2*1H;/q;-1;;;;+4/p-3. The quantitative estimate of drug-likeness (QED) is 0.303. The molecule has 0 aliphatic heterocycles. The molecule has 1 N–H and O–H groups in total. The average molecular weight is 500 g/mol. The van der Waals surface area contributed by atoms with E-state index >= 15 is 0 Å². The van der Waals surface area contributed by atoms with Crippen molar-refractivity contribution in [3.63, 3.8) is 0 Å². The summed E-state index contributed by atoms with van der Waals surface area (Å²) in [5.41, 5.74) is 6.83. The third kappa shape index (κ3) is 18.6. The normalized spacial score (nSPS) is 15.1. The van der Waals surface area contributed by atoms with Crippen LogP contribution in [-0.2, 0) is 30.6 Å². The fraction of sp³-hybridized carbons (Fsp3) is 0.643. The molecule has 1 saturated carbocycles. The zero-order chi connectivity index (χ0) is 12.9. The number of hydrogen-bond donors (Lipinski definition) is 0. The molecule has 0 heterocycles. The van der Waals surface area contributed by atoms with Gasteiger partial charge in [-0.1, -0.05) is 32.4 Å². The first kappa shape index (κ1) is 28.7. The van der Waals surface area contributed by atoms with Crippen LogP contribution in [0.15, 0.2) is 18.2 Å². The summed E-state index contributed by atoms with van der Waals surface area (Å²) < 4.78 is 0. The van der Waals surface area contributed by atoms with Crippen molar-refractivity contribution in [3.8, 4) is 0 Å². The van der Waals surface area contributed by atoms with E-state index in [0.29, 0.717) is 0 Å². The van der Waals surface area contributed by atoms with Gasteiger partial charge in [0.15, 0.2) is 0 Å². The minimum absolute atomic E-state index is 0. The summed E-state index contributed by atoms with van der Waals surface area (Å²) in [7, 11) is 0.750. The van der Waals surface area contributed by atoms with Crippen molar-refractivity contribution in [1.29, 1.82) is 0 Å². The SMILES string of the molecule is C[SiH]C.[C-]1=CC=CC1.[Cl-].[Cl-].[Hf+4].[NH-]C(=O)C1CCCCC1. The zero-order valence-corrected chi connectivity index (χ0v) is 18.6. The number of amides is 1. The molecular formula is C14H24Cl2HfNOSi. The molecule has 0 unspecified atom stereocenters. The molecule has 0 aromatic heterocycles. The van der Waals surface area contributed by atoms with Gasteiger partial charge in [-0.25, -0.2) is 12.2 Å². The molecule has 2 aliphatic rings. The Morgan fingerprint density at radius 1 is 1.20 bits per heavy atom. The molecule has 2 aliphatic carbocycles. The van der Waals surface area contributed by atoms with E-state index in [9.17, 15) is 4.79 Å². The van der Waals surface area contributed by atoms with Crippen LogP contribution >= 0.6 is 0 Å². The molecule has 2 nitrogen and oxygen atoms in total. The van der Waals surface area contributed by atoms with Gasteiger partial charge in [0.1, 0.15) is 0 Å². The Balaban J connectivity index is -0.000000102. The number of hydrogen-bond acceptors (Lipinski definition) is 1. The van der Waals surface area contributed by atoms with Gasteiger partial charge in [-0.15, -0.1) is 6.42 Å². The molecule has 1 amide bonds. The molecule has 2 rings (SSSR count). The third-order valence-electron chi connectivity index (χ3n) is 2.56. The number of halogens is 2. The first-order chi connectivity index (χ1) is 8.22. The Kier molecular flexibility index (Phi) is 31.5. The second-order valence-electron chi connectivity index (χ2n) is 4.28. The summed E-state index contributed by atoms with van der Waals surface area (Å²) >= 11 is 0. The van der Waals surface area contributed by atoms with Crippen molar-refractivity contribution in [2.45, 2.75) is 51.6 Å². The molecular weight excluding hydrogens is 476 g/mol. The first-order valence-corrected chi connectivity index (χ1v) is 8.74. The number of allylic oxidation sites excluding steroid dienone is 4. The summed E-state index contributed by atoms with van der Waals surface area (Å²) in [4.78, 5) is 10.5. The van der Waals surface area contributed by atoms with Gasteiger partial charge in [0.05, 0.1) is 5.91 Å². The molecule has 20 heavy (non-hydrogen) atoms. The molecule has 1 fully saturated rings. The maximum atomic E-state index is 10.5. The van der Waals surface area contributed by atoms with Crippen LogP contribution in [-0.4, -0.2) is 15.4 Å². The minimum atomic E-state index is -0.352. The van der Waals surface area contributed by atoms with E-state index < -0.39 is 0 Å². The van der Waals surface area contributed by atoms with Crippen LogP contribution in [0.1, 0.15) is 38.5 Å². The van der Waals surface area contributed by atoms with Crippen molar-refractivity contribution in [2.24, 2.45) is 5.92 Å². The number of carbonyl (C=O) groups is 1. The van der Waals surface area contributed by atoms with Crippen molar-refractivity contribution < 1.29 is 55.5 Å². The van der Waals surface area contributed by atoms with Crippen LogP contribution in [0.5, 0.6) is 0 Å². The van der Waals surface area contributed by atoms with Gasteiger partial charge in [-0.05, 0) is 12.8 Å². The Hall–Kier alpha value is 0.617. The van der Waals surface area contributed by atoms with Crippen LogP contribution in [0.25, 0.3) is 5.73 Å². The summed E-state index contributed by atoms with van der Waals surface area (Å²) in [6.07, 6.45) is 15.5. The van der Waals surface area contributed by atoms with Gasteiger partial charge in [0, 0.05) is 15.4 Å². The van der Waals surface area contributed by atoms with Crippen LogP contribution in [0.3, 0.4) is 0 Å². The smallest absolute Gasteiger partial charge is 1.00 e. The van der Waals surface area contributed by atoms with Crippen LogP contribution in [0.4, 0.5) is 0 Å². The average Bonchev–Trinajstić information content (AvgIpc) is 2.90. The summed E-state index contributed by atoms with van der Waals surface area (Å²) in [5, 5.41) is 0. The second kappa shape index (κ2) is 21.9. The van der Waals surface area contributed by atoms with Gasteiger partial charge in [0.25, 0.3) is 0 Å². The molecule has 0 atom stereocenters. The van der Waals surface area contributed by atoms with E-state index in [-0.39, 0.29) is 62.5 Å². The van der Waals surface area contributed by atoms with Crippen molar-refractivity contribution >= 4 is 15.4 Å². The first-order valence-electron chi connectivity index (χ1n) is 6.43. The van der Waals surface area contributed by atoms with Crippen molar-refractivity contribution in [1.82, 2.24) is 0 Å². The fourth-order valence-corrected chi connectivity index (χ4v) is 1.70. The minimum Gasteiger partial charge on any atom is -1.00 e. The summed E-state index contributed by atoms with van der Waals surface area (Å²) in [5.74, 6) is -0.270. The van der Waals surface area contributed by atoms with Gasteiger partial charge in [-0.2, -0.15) is 6.08 Å². The summed E-state index contributed by atoms with van der Waals surface area (Å²) in [6, 6.07) is 0. The third-order valence-corrected chi connectivity index (χ3v) is 2.56. The molecule has 113 valence electrons. The van der Waals surface area contributed by atoms with E-state index in [4.69, 9.17) is 5.73 Å². The fourth-order valence-electron chi connectivity index (χ4n) is 1.70. The molecule has 6 heteroatoms. The topological polar surface area (TPSA) is 40.9 Å². The van der Waals surface area contributed by atoms with Gasteiger partial charge < -0.3 is 35.3 Å². The van der Waals surface area contributed by atoms with E-state index in [1.807, 2.05) is 12.2 Å². The maximum absolute atomic E-state index is 10.5. The Morgan fingerprint density at radius 3 is 1.90 bits per heavy atom. The van der Waals surface area contributed by atoms with E-state index in [0.717, 1.165) is 41.6 Å². The Labute approximate surface area is 157 Å². The molecule has 0 bridgehead atoms. The van der Waals surface area contributed by atoms with Crippen molar-refractivity contribution in [2.75, 3.05) is 0 Å². The van der Waals surface area contributed by atoms with E-state index in [1.54, 1.807) is 0 Å². The van der Waals surface area contributed by atoms with Gasteiger partial charge >= 0.3 is 25.8 Å². The van der Waals surface area contributed by atoms with Gasteiger partial charge in [-0.3, -0.25) is 6.08 Å². The number of rotatable bonds is 1. The Bertz CT molecular complexity index is 248. The predicted octanol–water partition coefficient (Wildman–Crippen LogP) is -2.02. The second-order valence-corrected chi connectivity index (χ2v) is 5.43. The van der Waals surface area contributed by atoms with E-state index in [1.165, 1.54) is 6.42 Å². The zero-order valence-electron chi connectivity index (χ0n) is 12.3. The van der Waals surface area contributed by atoms with Gasteiger partial charge in [0.2, 0.25) is 0 Å². The predicted molar refractivity (Wildman–Crippen MR) is 76.4 cm³/mol. The van der Waals surface area contributed by atoms with Crippen molar-refractivity contribution in [3.05, 3.63) is 30.0 Å².